The normalized spacial score (nSPS) is 22.8. The van der Waals surface area contributed by atoms with E-state index in [9.17, 15) is 4.79 Å². The van der Waals surface area contributed by atoms with Crippen LogP contribution in [0, 0.1) is 11.3 Å². The molecule has 25 heavy (non-hydrogen) atoms. The second-order valence-electron chi connectivity index (χ2n) is 6.90. The molecule has 0 aromatic carbocycles. The van der Waals surface area contributed by atoms with Crippen molar-refractivity contribution >= 4 is 5.91 Å². The first-order valence-corrected chi connectivity index (χ1v) is 9.14. The highest BCUT2D eigenvalue weighted by Gasteiger charge is 2.44. The third kappa shape index (κ3) is 3.80. The molecule has 1 atom stereocenters. The zero-order valence-electron chi connectivity index (χ0n) is 15.2. The molecule has 0 saturated carbocycles. The van der Waals surface area contributed by atoms with Gasteiger partial charge in [-0.1, -0.05) is 0 Å². The summed E-state index contributed by atoms with van der Waals surface area (Å²) in [7, 11) is 1.55. The maximum Gasteiger partial charge on any atom is 0.259 e. The highest BCUT2D eigenvalue weighted by atomic mass is 16.5. The van der Waals surface area contributed by atoms with Crippen molar-refractivity contribution in [2.24, 2.45) is 11.3 Å². The van der Waals surface area contributed by atoms with Gasteiger partial charge in [0.15, 0.2) is 0 Å². The number of methoxy groups -OCH3 is 1. The van der Waals surface area contributed by atoms with Crippen LogP contribution >= 0.6 is 0 Å². The minimum atomic E-state index is 0.00761. The predicted molar refractivity (Wildman–Crippen MR) is 93.8 cm³/mol. The molecule has 6 nitrogen and oxygen atoms in total. The second kappa shape index (κ2) is 8.15. The highest BCUT2D eigenvalue weighted by molar-refractivity contribution is 5.96. The number of ether oxygens (including phenoxy) is 3. The fraction of sp³-hybridized carbons (Fsp3) is 0.684. The third-order valence-corrected chi connectivity index (χ3v) is 5.69. The molecule has 0 radical (unpaired) electrons. The maximum absolute atomic E-state index is 12.9. The molecule has 3 rings (SSSR count). The second-order valence-corrected chi connectivity index (χ2v) is 6.90. The number of hydrogen-bond acceptors (Lipinski definition) is 5. The molecule has 2 fully saturated rings. The molecule has 2 aliphatic rings. The summed E-state index contributed by atoms with van der Waals surface area (Å²) in [4.78, 5) is 18.9. The highest BCUT2D eigenvalue weighted by Crippen LogP contribution is 2.45. The van der Waals surface area contributed by atoms with Gasteiger partial charge < -0.3 is 19.1 Å². The molecule has 0 aliphatic carbocycles. The van der Waals surface area contributed by atoms with Crippen LogP contribution < -0.4 is 4.74 Å². The van der Waals surface area contributed by atoms with E-state index in [-0.39, 0.29) is 11.3 Å². The fourth-order valence-corrected chi connectivity index (χ4v) is 4.07. The number of nitrogens with zero attached hydrogens (tertiary/aromatic N) is 2. The quantitative estimate of drug-likeness (QED) is 0.818. The Balaban J connectivity index is 1.67. The number of hydrogen-bond donors (Lipinski definition) is 0. The van der Waals surface area contributed by atoms with Crippen molar-refractivity contribution in [1.29, 1.82) is 0 Å². The van der Waals surface area contributed by atoms with E-state index in [2.05, 4.69) is 4.98 Å². The number of rotatable bonds is 5. The van der Waals surface area contributed by atoms with E-state index in [4.69, 9.17) is 14.2 Å². The van der Waals surface area contributed by atoms with Crippen molar-refractivity contribution in [2.75, 3.05) is 46.6 Å². The van der Waals surface area contributed by atoms with Crippen LogP contribution in [0.4, 0.5) is 0 Å². The molecule has 3 heterocycles. The molecule has 0 bridgehead atoms. The van der Waals surface area contributed by atoms with Gasteiger partial charge in [0.25, 0.3) is 5.91 Å². The number of piperidine rings is 1. The van der Waals surface area contributed by atoms with Gasteiger partial charge in [0, 0.05) is 38.4 Å². The Morgan fingerprint density at radius 2 is 2.20 bits per heavy atom. The molecule has 2 aliphatic heterocycles. The van der Waals surface area contributed by atoms with Crippen LogP contribution in [0.5, 0.6) is 5.88 Å². The van der Waals surface area contributed by atoms with Gasteiger partial charge in [0.1, 0.15) is 5.56 Å². The molecule has 1 aromatic rings. The average Bonchev–Trinajstić information content (AvgIpc) is 2.67. The number of likely N-dealkylation sites (tertiary alicyclic amines) is 1. The van der Waals surface area contributed by atoms with Crippen LogP contribution in [0.15, 0.2) is 18.3 Å². The molecular formula is C19H28N2O4. The number of amides is 1. The number of aromatic nitrogens is 1. The predicted octanol–water partition coefficient (Wildman–Crippen LogP) is 2.39. The topological polar surface area (TPSA) is 60.9 Å². The summed E-state index contributed by atoms with van der Waals surface area (Å²) in [5.41, 5.74) is 0.780. The summed E-state index contributed by atoms with van der Waals surface area (Å²) in [6.07, 6.45) is 4.70. The van der Waals surface area contributed by atoms with E-state index in [0.717, 1.165) is 58.8 Å². The maximum atomic E-state index is 12.9. The van der Waals surface area contributed by atoms with E-state index in [0.29, 0.717) is 17.4 Å². The summed E-state index contributed by atoms with van der Waals surface area (Å²) in [5.74, 6) is 0.827. The monoisotopic (exact) mass is 348 g/mol. The Hall–Kier alpha value is -1.66. The number of carbonyl (C=O) groups is 1. The number of carbonyl (C=O) groups excluding carboxylic acids is 1. The Labute approximate surface area is 149 Å². The van der Waals surface area contributed by atoms with Gasteiger partial charge in [0.2, 0.25) is 5.88 Å². The zero-order valence-corrected chi connectivity index (χ0v) is 15.2. The van der Waals surface area contributed by atoms with Gasteiger partial charge in [-0.15, -0.1) is 0 Å². The Kier molecular flexibility index (Phi) is 5.91. The van der Waals surface area contributed by atoms with Gasteiger partial charge in [0.05, 0.1) is 20.3 Å². The SMILES string of the molecule is CCOC[C@@H]1COCCC12CCN(C(=O)c1cccnc1OC)CC2. The van der Waals surface area contributed by atoms with Crippen LogP contribution in [0.25, 0.3) is 0 Å². The lowest BCUT2D eigenvalue weighted by molar-refractivity contribution is -0.0956. The van der Waals surface area contributed by atoms with E-state index in [1.54, 1.807) is 25.4 Å². The Bertz CT molecular complexity index is 585. The summed E-state index contributed by atoms with van der Waals surface area (Å²) in [5, 5.41) is 0. The van der Waals surface area contributed by atoms with E-state index < -0.39 is 0 Å². The third-order valence-electron chi connectivity index (χ3n) is 5.69. The Morgan fingerprint density at radius 3 is 2.92 bits per heavy atom. The Morgan fingerprint density at radius 1 is 1.40 bits per heavy atom. The minimum absolute atomic E-state index is 0.00761. The smallest absolute Gasteiger partial charge is 0.259 e. The number of pyridine rings is 1. The van der Waals surface area contributed by atoms with Crippen LogP contribution in [-0.4, -0.2) is 62.4 Å². The fourth-order valence-electron chi connectivity index (χ4n) is 4.07. The summed E-state index contributed by atoms with van der Waals surface area (Å²) in [6.45, 7) is 6.62. The summed E-state index contributed by atoms with van der Waals surface area (Å²) >= 11 is 0. The molecule has 1 spiro atoms. The first-order valence-electron chi connectivity index (χ1n) is 9.14. The van der Waals surface area contributed by atoms with E-state index in [1.807, 2.05) is 11.8 Å². The molecule has 1 aromatic heterocycles. The van der Waals surface area contributed by atoms with Gasteiger partial charge in [-0.3, -0.25) is 4.79 Å². The van der Waals surface area contributed by atoms with E-state index in [1.165, 1.54) is 0 Å². The lowest BCUT2D eigenvalue weighted by Crippen LogP contribution is -2.50. The summed E-state index contributed by atoms with van der Waals surface area (Å²) < 4.78 is 16.6. The van der Waals surface area contributed by atoms with Crippen LogP contribution in [0.2, 0.25) is 0 Å². The van der Waals surface area contributed by atoms with Crippen molar-refractivity contribution in [3.8, 4) is 5.88 Å². The largest absolute Gasteiger partial charge is 0.480 e. The van der Waals surface area contributed by atoms with Crippen molar-refractivity contribution in [3.63, 3.8) is 0 Å². The van der Waals surface area contributed by atoms with E-state index >= 15 is 0 Å². The molecule has 1 amide bonds. The van der Waals surface area contributed by atoms with Crippen molar-refractivity contribution in [1.82, 2.24) is 9.88 Å². The molecule has 2 saturated heterocycles. The lowest BCUT2D eigenvalue weighted by Gasteiger charge is -2.49. The molecular weight excluding hydrogens is 320 g/mol. The van der Waals surface area contributed by atoms with Gasteiger partial charge >= 0.3 is 0 Å². The zero-order chi connectivity index (χ0) is 17.7. The lowest BCUT2D eigenvalue weighted by atomic mass is 9.66. The minimum Gasteiger partial charge on any atom is -0.480 e. The van der Waals surface area contributed by atoms with Crippen molar-refractivity contribution in [2.45, 2.75) is 26.2 Å². The first kappa shape index (κ1) is 18.1. The molecule has 0 N–H and O–H groups in total. The first-order chi connectivity index (χ1) is 12.2. The van der Waals surface area contributed by atoms with Gasteiger partial charge in [-0.05, 0) is 43.7 Å². The summed E-state index contributed by atoms with van der Waals surface area (Å²) in [6, 6.07) is 3.56. The van der Waals surface area contributed by atoms with Gasteiger partial charge in [-0.2, -0.15) is 0 Å². The van der Waals surface area contributed by atoms with Crippen LogP contribution in [-0.2, 0) is 9.47 Å². The molecule has 138 valence electrons. The van der Waals surface area contributed by atoms with Gasteiger partial charge in [-0.25, -0.2) is 4.98 Å². The standard InChI is InChI=1S/C19H28N2O4/c1-3-24-13-15-14-25-12-8-19(15)6-10-21(11-7-19)18(22)16-5-4-9-20-17(16)23-2/h4-5,9,15H,3,6-8,10-14H2,1-2H3/t15-/m1/s1. The van der Waals surface area contributed by atoms with Crippen molar-refractivity contribution in [3.05, 3.63) is 23.9 Å². The van der Waals surface area contributed by atoms with Crippen molar-refractivity contribution < 1.29 is 19.0 Å². The van der Waals surface area contributed by atoms with Crippen LogP contribution in [0.3, 0.4) is 0 Å². The van der Waals surface area contributed by atoms with Crippen LogP contribution in [0.1, 0.15) is 36.5 Å². The molecule has 6 heteroatoms. The average molecular weight is 348 g/mol. The molecule has 0 unspecified atom stereocenters.